The van der Waals surface area contributed by atoms with Crippen molar-refractivity contribution < 1.29 is 17.9 Å². The molecule has 0 N–H and O–H groups in total. The van der Waals surface area contributed by atoms with E-state index in [0.717, 1.165) is 17.1 Å². The van der Waals surface area contributed by atoms with Gasteiger partial charge < -0.3 is 4.74 Å². The summed E-state index contributed by atoms with van der Waals surface area (Å²) in [6.45, 7) is 2.08. The zero-order chi connectivity index (χ0) is 18.4. The second-order valence-electron chi connectivity index (χ2n) is 6.31. The highest BCUT2D eigenvalue weighted by molar-refractivity contribution is 7.90. The summed E-state index contributed by atoms with van der Waals surface area (Å²) in [6, 6.07) is 2.90. The van der Waals surface area contributed by atoms with E-state index < -0.39 is 16.2 Å². The van der Waals surface area contributed by atoms with Crippen LogP contribution in [0.5, 0.6) is 0 Å². The lowest BCUT2D eigenvalue weighted by Gasteiger charge is -2.40. The Balaban J connectivity index is 2.00. The third-order valence-corrected chi connectivity index (χ3v) is 6.97. The van der Waals surface area contributed by atoms with E-state index in [9.17, 15) is 13.2 Å². The van der Waals surface area contributed by atoms with Crippen LogP contribution in [-0.4, -0.2) is 44.9 Å². The summed E-state index contributed by atoms with van der Waals surface area (Å²) in [5.74, 6) is -0.586. The molecule has 1 aromatic rings. The predicted octanol–water partition coefficient (Wildman–Crippen LogP) is 3.36. The zero-order valence-electron chi connectivity index (χ0n) is 13.5. The monoisotopic (exact) mass is 426 g/mol. The molecule has 1 heterocycles. The zero-order valence-corrected chi connectivity index (χ0v) is 16.6. The van der Waals surface area contributed by atoms with Crippen molar-refractivity contribution in [1.82, 2.24) is 4.31 Å². The van der Waals surface area contributed by atoms with Gasteiger partial charge in [0.25, 0.3) is 0 Å². The number of halogens is 3. The number of hydrogen-bond donors (Lipinski definition) is 0. The Morgan fingerprint density at radius 1 is 1.20 bits per heavy atom. The Bertz CT molecular complexity index is 788. The lowest BCUT2D eigenvalue weighted by atomic mass is 10.1. The first-order chi connectivity index (χ1) is 11.7. The van der Waals surface area contributed by atoms with Crippen molar-refractivity contribution in [1.29, 1.82) is 0 Å². The van der Waals surface area contributed by atoms with Gasteiger partial charge in [-0.15, -0.1) is 0 Å². The molecule has 1 aliphatic carbocycles. The molecule has 25 heavy (non-hydrogen) atoms. The Labute approximate surface area is 161 Å². The van der Waals surface area contributed by atoms with Gasteiger partial charge in [-0.3, -0.25) is 9.10 Å². The molecule has 0 aromatic heterocycles. The van der Waals surface area contributed by atoms with E-state index in [1.807, 2.05) is 0 Å². The van der Waals surface area contributed by atoms with Crippen molar-refractivity contribution >= 4 is 56.7 Å². The fourth-order valence-corrected chi connectivity index (χ4v) is 5.95. The lowest BCUT2D eigenvalue weighted by molar-refractivity contribution is -0.143. The molecule has 0 unspecified atom stereocenters. The molecule has 0 atom stereocenters. The Morgan fingerprint density at radius 3 is 2.32 bits per heavy atom. The number of carbonyl (C=O) groups excluding carboxylic acids is 1. The van der Waals surface area contributed by atoms with Crippen LogP contribution in [0, 0.1) is 5.41 Å². The van der Waals surface area contributed by atoms with Crippen molar-refractivity contribution in [3.05, 3.63) is 27.2 Å². The van der Waals surface area contributed by atoms with Crippen LogP contribution < -0.4 is 4.31 Å². The predicted molar refractivity (Wildman–Crippen MR) is 97.6 cm³/mol. The van der Waals surface area contributed by atoms with Crippen LogP contribution >= 0.6 is 34.8 Å². The van der Waals surface area contributed by atoms with E-state index in [1.165, 1.54) is 16.4 Å². The van der Waals surface area contributed by atoms with Crippen molar-refractivity contribution in [3.63, 3.8) is 0 Å². The van der Waals surface area contributed by atoms with E-state index >= 15 is 0 Å². The van der Waals surface area contributed by atoms with E-state index in [-0.39, 0.29) is 47.4 Å². The molecule has 1 saturated heterocycles. The normalized spacial score (nSPS) is 21.4. The highest BCUT2D eigenvalue weighted by Crippen LogP contribution is 2.52. The molecule has 0 amide bonds. The molecule has 0 radical (unpaired) electrons. The third-order valence-electron chi connectivity index (χ3n) is 4.39. The minimum Gasteiger partial charge on any atom is -0.465 e. The van der Waals surface area contributed by atoms with Gasteiger partial charge >= 0.3 is 16.2 Å². The Kier molecular flexibility index (Phi) is 5.16. The van der Waals surface area contributed by atoms with Crippen LogP contribution in [-0.2, 0) is 19.7 Å². The van der Waals surface area contributed by atoms with Gasteiger partial charge in [0.1, 0.15) is 6.54 Å². The van der Waals surface area contributed by atoms with E-state index in [4.69, 9.17) is 39.5 Å². The van der Waals surface area contributed by atoms with E-state index in [2.05, 4.69) is 0 Å². The van der Waals surface area contributed by atoms with Crippen LogP contribution in [0.3, 0.4) is 0 Å². The van der Waals surface area contributed by atoms with Crippen LogP contribution in [0.15, 0.2) is 12.1 Å². The molecule has 1 aliphatic heterocycles. The van der Waals surface area contributed by atoms with Gasteiger partial charge in [-0.05, 0) is 31.9 Å². The number of benzene rings is 1. The third kappa shape index (κ3) is 3.71. The molecule has 0 bridgehead atoms. The topological polar surface area (TPSA) is 66.9 Å². The molecule has 2 aliphatic rings. The number of ether oxygens (including phenoxy) is 1. The summed E-state index contributed by atoms with van der Waals surface area (Å²) in [6.07, 6.45) is 1.75. The first-order valence-corrected chi connectivity index (χ1v) is 10.3. The molecule has 10 heteroatoms. The Morgan fingerprint density at radius 2 is 1.80 bits per heavy atom. The number of anilines is 1. The largest absolute Gasteiger partial charge is 0.465 e. The standard InChI is InChI=1S/C15H17Cl3N2O4S/c1-2-24-13(21)7-19-8-15(3-4-15)9-20(25(19,22)23)14-11(17)5-10(16)6-12(14)18/h5-6H,2-4,7-9H2,1H3. The summed E-state index contributed by atoms with van der Waals surface area (Å²) in [5.41, 5.74) is -0.00281. The van der Waals surface area contributed by atoms with Crippen LogP contribution in [0.1, 0.15) is 19.8 Å². The maximum Gasteiger partial charge on any atom is 0.321 e. The average Bonchev–Trinajstić information content (AvgIpc) is 3.23. The molecule has 1 aromatic carbocycles. The highest BCUT2D eigenvalue weighted by Gasteiger charge is 2.54. The number of carbonyl (C=O) groups is 1. The maximum absolute atomic E-state index is 13.1. The van der Waals surface area contributed by atoms with Crippen LogP contribution in [0.4, 0.5) is 5.69 Å². The molecular weight excluding hydrogens is 411 g/mol. The lowest BCUT2D eigenvalue weighted by Crippen LogP contribution is -2.56. The van der Waals surface area contributed by atoms with Gasteiger partial charge in [-0.1, -0.05) is 34.8 Å². The molecule has 138 valence electrons. The summed E-state index contributed by atoms with van der Waals surface area (Å²) in [5, 5.41) is 0.613. The van der Waals surface area contributed by atoms with Gasteiger partial charge in [0, 0.05) is 23.5 Å². The smallest absolute Gasteiger partial charge is 0.321 e. The van der Waals surface area contributed by atoms with Crippen molar-refractivity contribution in [2.75, 3.05) is 30.5 Å². The minimum absolute atomic E-state index is 0.148. The average molecular weight is 428 g/mol. The van der Waals surface area contributed by atoms with Crippen LogP contribution in [0.25, 0.3) is 0 Å². The minimum atomic E-state index is -3.97. The second-order valence-corrected chi connectivity index (χ2v) is 9.41. The van der Waals surface area contributed by atoms with E-state index in [1.54, 1.807) is 6.92 Å². The van der Waals surface area contributed by atoms with Crippen LogP contribution in [0.2, 0.25) is 15.1 Å². The summed E-state index contributed by atoms with van der Waals surface area (Å²) < 4.78 is 33.3. The van der Waals surface area contributed by atoms with Gasteiger partial charge in [0.15, 0.2) is 0 Å². The van der Waals surface area contributed by atoms with Crippen molar-refractivity contribution in [2.45, 2.75) is 19.8 Å². The van der Waals surface area contributed by atoms with Gasteiger partial charge in [0.2, 0.25) is 0 Å². The fraction of sp³-hybridized carbons (Fsp3) is 0.533. The quantitative estimate of drug-likeness (QED) is 0.691. The summed E-state index contributed by atoms with van der Waals surface area (Å²) in [7, 11) is -3.97. The number of nitrogens with zero attached hydrogens (tertiary/aromatic N) is 2. The summed E-state index contributed by atoms with van der Waals surface area (Å²) >= 11 is 18.4. The molecule has 2 fully saturated rings. The molecular formula is C15H17Cl3N2O4S. The fourth-order valence-electron chi connectivity index (χ4n) is 2.98. The first-order valence-electron chi connectivity index (χ1n) is 7.76. The SMILES string of the molecule is CCOC(=O)CN1CC2(CC2)CN(c2c(Cl)cc(Cl)cc2Cl)S1(=O)=O. The summed E-state index contributed by atoms with van der Waals surface area (Å²) in [4.78, 5) is 11.8. The van der Waals surface area contributed by atoms with Crippen molar-refractivity contribution in [3.8, 4) is 0 Å². The number of esters is 1. The highest BCUT2D eigenvalue weighted by atomic mass is 35.5. The number of hydrogen-bond acceptors (Lipinski definition) is 4. The molecule has 3 rings (SSSR count). The second kappa shape index (κ2) is 6.78. The first kappa shape index (κ1) is 19.0. The maximum atomic E-state index is 13.1. The van der Waals surface area contributed by atoms with Crippen molar-refractivity contribution in [2.24, 2.45) is 5.41 Å². The van der Waals surface area contributed by atoms with E-state index in [0.29, 0.717) is 5.02 Å². The molecule has 1 saturated carbocycles. The molecule has 1 spiro atoms. The van der Waals surface area contributed by atoms with Gasteiger partial charge in [-0.25, -0.2) is 0 Å². The van der Waals surface area contributed by atoms with Gasteiger partial charge in [-0.2, -0.15) is 12.7 Å². The van der Waals surface area contributed by atoms with Gasteiger partial charge in [0.05, 0.1) is 22.3 Å². The number of rotatable bonds is 4. The molecule has 6 nitrogen and oxygen atoms in total. The Hall–Kier alpha value is -0.730.